The minimum atomic E-state index is -1.43. The highest BCUT2D eigenvalue weighted by Crippen LogP contribution is 2.46. The first kappa shape index (κ1) is 22.6. The van der Waals surface area contributed by atoms with E-state index in [2.05, 4.69) is 15.9 Å². The third-order valence-electron chi connectivity index (χ3n) is 5.59. The zero-order valence-corrected chi connectivity index (χ0v) is 19.8. The Bertz CT molecular complexity index is 1110. The van der Waals surface area contributed by atoms with Crippen LogP contribution in [0, 0.1) is 0 Å². The Labute approximate surface area is 201 Å². The summed E-state index contributed by atoms with van der Waals surface area (Å²) in [6, 6.07) is 29.2. The van der Waals surface area contributed by atoms with E-state index < -0.39 is 6.17 Å². The Morgan fingerprint density at radius 1 is 0.719 bits per heavy atom. The Kier molecular flexibility index (Phi) is 7.29. The molecule has 0 saturated heterocycles. The van der Waals surface area contributed by atoms with Crippen molar-refractivity contribution in [2.45, 2.75) is 25.4 Å². The summed E-state index contributed by atoms with van der Waals surface area (Å²) in [5.41, 5.74) is 4.55. The van der Waals surface area contributed by atoms with Gasteiger partial charge in [-0.2, -0.15) is 0 Å². The van der Waals surface area contributed by atoms with Crippen LogP contribution in [0.5, 0.6) is 5.75 Å². The molecule has 4 heteroatoms. The van der Waals surface area contributed by atoms with E-state index >= 15 is 4.39 Å². The number of benzene rings is 4. The average Bonchev–Trinajstić information content (AvgIpc) is 2.81. The molecule has 1 nitrogen and oxygen atoms in total. The lowest BCUT2D eigenvalue weighted by Gasteiger charge is -2.21. The van der Waals surface area contributed by atoms with Gasteiger partial charge in [-0.15, -0.1) is 0 Å². The summed E-state index contributed by atoms with van der Waals surface area (Å²) in [6.45, 7) is 0. The zero-order valence-electron chi connectivity index (χ0n) is 17.4. The van der Waals surface area contributed by atoms with E-state index in [1.807, 2.05) is 91.0 Å². The molecule has 0 spiro atoms. The minimum absolute atomic E-state index is 0.0778. The van der Waals surface area contributed by atoms with E-state index in [9.17, 15) is 5.11 Å². The molecule has 0 fully saturated rings. The Morgan fingerprint density at radius 2 is 1.16 bits per heavy atom. The van der Waals surface area contributed by atoms with Gasteiger partial charge in [0.2, 0.25) is 0 Å². The smallest absolute Gasteiger partial charge is 0.134 e. The van der Waals surface area contributed by atoms with Crippen molar-refractivity contribution in [3.63, 3.8) is 0 Å². The molecule has 4 aromatic rings. The number of alkyl halides is 1. The van der Waals surface area contributed by atoms with Gasteiger partial charge in [-0.05, 0) is 22.3 Å². The van der Waals surface area contributed by atoms with Crippen LogP contribution in [0.25, 0.3) is 0 Å². The summed E-state index contributed by atoms with van der Waals surface area (Å²) in [4.78, 5) is 0. The average molecular weight is 510 g/mol. The van der Waals surface area contributed by atoms with Gasteiger partial charge in [0.1, 0.15) is 11.9 Å². The Morgan fingerprint density at radius 3 is 1.66 bits per heavy atom. The van der Waals surface area contributed by atoms with Crippen LogP contribution in [0.15, 0.2) is 95.5 Å². The highest BCUT2D eigenvalue weighted by Gasteiger charge is 2.27. The highest BCUT2D eigenvalue weighted by molar-refractivity contribution is 9.10. The fraction of sp³-hybridized carbons (Fsp3) is 0.143. The second kappa shape index (κ2) is 10.3. The molecule has 0 amide bonds. The largest absolute Gasteiger partial charge is 0.507 e. The van der Waals surface area contributed by atoms with E-state index in [0.717, 1.165) is 26.7 Å². The summed E-state index contributed by atoms with van der Waals surface area (Å²) >= 11 is 10.5. The van der Waals surface area contributed by atoms with E-state index in [1.54, 1.807) is 0 Å². The minimum Gasteiger partial charge on any atom is -0.507 e. The molecule has 162 valence electrons. The topological polar surface area (TPSA) is 20.2 Å². The summed E-state index contributed by atoms with van der Waals surface area (Å²) in [6.07, 6.45) is -0.280. The van der Waals surface area contributed by atoms with Crippen LogP contribution in [0.2, 0.25) is 5.02 Å². The van der Waals surface area contributed by atoms with Crippen molar-refractivity contribution in [1.82, 2.24) is 0 Å². The maximum atomic E-state index is 15.7. The van der Waals surface area contributed by atoms with Crippen molar-refractivity contribution in [3.8, 4) is 5.75 Å². The fourth-order valence-corrected chi connectivity index (χ4v) is 5.09. The number of hydrogen-bond acceptors (Lipinski definition) is 1. The molecule has 1 unspecified atom stereocenters. The molecule has 0 aromatic heterocycles. The number of hydrogen-bond donors (Lipinski definition) is 1. The van der Waals surface area contributed by atoms with Crippen molar-refractivity contribution in [2.24, 2.45) is 0 Å². The van der Waals surface area contributed by atoms with Gasteiger partial charge < -0.3 is 5.11 Å². The lowest BCUT2D eigenvalue weighted by molar-refractivity contribution is 0.327. The van der Waals surface area contributed by atoms with Crippen molar-refractivity contribution in [1.29, 1.82) is 0 Å². The van der Waals surface area contributed by atoms with Crippen LogP contribution in [0.3, 0.4) is 0 Å². The number of aromatic hydroxyl groups is 1. The molecule has 0 aliphatic rings. The molecule has 0 saturated carbocycles. The highest BCUT2D eigenvalue weighted by atomic mass is 79.9. The standard InChI is InChI=1S/C28H23BrClFO/c29-26-22(16-19-10-4-1-5-11-19)27(30)25(24(31)18-21-14-8-3-9-15-21)28(32)23(26)17-20-12-6-2-7-13-20/h1-15,24,32H,16-18H2. The first-order valence-corrected chi connectivity index (χ1v) is 11.7. The molecule has 0 radical (unpaired) electrons. The predicted octanol–water partition coefficient (Wildman–Crippen LogP) is 8.24. The van der Waals surface area contributed by atoms with E-state index in [0.29, 0.717) is 18.4 Å². The van der Waals surface area contributed by atoms with Crippen molar-refractivity contribution >= 4 is 27.5 Å². The van der Waals surface area contributed by atoms with Gasteiger partial charge in [-0.25, -0.2) is 4.39 Å². The van der Waals surface area contributed by atoms with Gasteiger partial charge in [0.05, 0.1) is 5.02 Å². The van der Waals surface area contributed by atoms with Crippen LogP contribution < -0.4 is 0 Å². The molecule has 0 aliphatic heterocycles. The molecule has 4 rings (SSSR count). The van der Waals surface area contributed by atoms with Crippen LogP contribution in [-0.4, -0.2) is 5.11 Å². The molecular weight excluding hydrogens is 487 g/mol. The summed E-state index contributed by atoms with van der Waals surface area (Å²) in [5.74, 6) is -0.0778. The zero-order chi connectivity index (χ0) is 22.5. The fourth-order valence-electron chi connectivity index (χ4n) is 3.94. The van der Waals surface area contributed by atoms with Crippen LogP contribution in [0.1, 0.15) is 39.6 Å². The first-order chi connectivity index (χ1) is 15.5. The lowest BCUT2D eigenvalue weighted by atomic mass is 9.92. The number of phenols is 1. The van der Waals surface area contributed by atoms with Crippen LogP contribution in [-0.2, 0) is 19.3 Å². The molecule has 32 heavy (non-hydrogen) atoms. The van der Waals surface area contributed by atoms with Crippen LogP contribution in [0.4, 0.5) is 4.39 Å². The second-order valence-electron chi connectivity index (χ2n) is 7.83. The molecule has 0 aliphatic carbocycles. The van der Waals surface area contributed by atoms with E-state index in [4.69, 9.17) is 11.6 Å². The normalized spacial score (nSPS) is 12.0. The maximum absolute atomic E-state index is 15.7. The monoisotopic (exact) mass is 508 g/mol. The molecule has 4 aromatic carbocycles. The van der Waals surface area contributed by atoms with Crippen molar-refractivity contribution in [2.75, 3.05) is 0 Å². The molecule has 1 N–H and O–H groups in total. The van der Waals surface area contributed by atoms with Gasteiger partial charge in [0.25, 0.3) is 0 Å². The maximum Gasteiger partial charge on any atom is 0.134 e. The molecular formula is C28H23BrClFO. The predicted molar refractivity (Wildman–Crippen MR) is 133 cm³/mol. The SMILES string of the molecule is Oc1c(Cc2ccccc2)c(Br)c(Cc2ccccc2)c(Cl)c1C(F)Cc1ccccc1. The van der Waals surface area contributed by atoms with E-state index in [1.165, 1.54) is 0 Å². The van der Waals surface area contributed by atoms with E-state index in [-0.39, 0.29) is 22.8 Å². The third kappa shape index (κ3) is 5.06. The summed E-state index contributed by atoms with van der Waals surface area (Å²) in [7, 11) is 0. The van der Waals surface area contributed by atoms with Crippen molar-refractivity contribution in [3.05, 3.63) is 134 Å². The quantitative estimate of drug-likeness (QED) is 0.266. The van der Waals surface area contributed by atoms with Crippen LogP contribution >= 0.6 is 27.5 Å². The number of halogens is 3. The Hall–Kier alpha value is -2.62. The first-order valence-electron chi connectivity index (χ1n) is 10.5. The van der Waals surface area contributed by atoms with Gasteiger partial charge in [0.15, 0.2) is 0 Å². The molecule has 0 bridgehead atoms. The third-order valence-corrected chi connectivity index (χ3v) is 6.98. The van der Waals surface area contributed by atoms with Gasteiger partial charge in [-0.3, -0.25) is 0 Å². The lowest BCUT2D eigenvalue weighted by Crippen LogP contribution is -2.06. The van der Waals surface area contributed by atoms with Gasteiger partial charge in [0, 0.05) is 34.9 Å². The molecule has 1 atom stereocenters. The number of rotatable bonds is 7. The molecule has 0 heterocycles. The Balaban J connectivity index is 1.81. The number of phenolic OH excluding ortho intramolecular Hbond substituents is 1. The second-order valence-corrected chi connectivity index (χ2v) is 9.00. The van der Waals surface area contributed by atoms with Gasteiger partial charge >= 0.3 is 0 Å². The summed E-state index contributed by atoms with van der Waals surface area (Å²) < 4.78 is 16.4. The van der Waals surface area contributed by atoms with Gasteiger partial charge in [-0.1, -0.05) is 119 Å². The summed E-state index contributed by atoms with van der Waals surface area (Å²) in [5, 5.41) is 11.5. The van der Waals surface area contributed by atoms with Crippen molar-refractivity contribution < 1.29 is 9.50 Å².